The summed E-state index contributed by atoms with van der Waals surface area (Å²) in [6.45, 7) is 8.12. The molecule has 0 heterocycles. The zero-order valence-electron chi connectivity index (χ0n) is 14.4. The highest BCUT2D eigenvalue weighted by Crippen LogP contribution is 2.56. The minimum atomic E-state index is -0.698. The van der Waals surface area contributed by atoms with E-state index in [-0.39, 0.29) is 11.3 Å². The molecule has 4 atom stereocenters. The van der Waals surface area contributed by atoms with E-state index in [0.717, 1.165) is 38.5 Å². The summed E-state index contributed by atoms with van der Waals surface area (Å²) in [5, 5.41) is 9.74. The van der Waals surface area contributed by atoms with E-state index in [9.17, 15) is 14.7 Å². The quantitative estimate of drug-likeness (QED) is 0.775. The molecule has 3 nitrogen and oxygen atoms in total. The molecule has 0 aliphatic heterocycles. The molecule has 0 aromatic carbocycles. The van der Waals surface area contributed by atoms with Crippen LogP contribution < -0.4 is 0 Å². The largest absolute Gasteiger partial charge is 0.481 e. The Balaban J connectivity index is 1.80. The van der Waals surface area contributed by atoms with Crippen LogP contribution in [0.3, 0.4) is 0 Å². The molecule has 0 aromatic rings. The van der Waals surface area contributed by atoms with Crippen LogP contribution in [-0.4, -0.2) is 16.9 Å². The van der Waals surface area contributed by atoms with E-state index in [2.05, 4.69) is 19.6 Å². The number of allylic oxidation sites excluding steroid dienone is 3. The third kappa shape index (κ3) is 2.58. The lowest BCUT2D eigenvalue weighted by atomic mass is 9.63. The third-order valence-electron chi connectivity index (χ3n) is 6.94. The highest BCUT2D eigenvalue weighted by atomic mass is 16.4. The van der Waals surface area contributed by atoms with E-state index in [1.807, 2.05) is 6.92 Å². The molecule has 3 aliphatic rings. The van der Waals surface area contributed by atoms with Crippen molar-refractivity contribution >= 4 is 11.8 Å². The molecule has 3 rings (SSSR count). The number of ketones is 1. The van der Waals surface area contributed by atoms with Crippen LogP contribution in [-0.2, 0) is 9.59 Å². The topological polar surface area (TPSA) is 54.4 Å². The Hall–Kier alpha value is -1.38. The first-order valence-electron chi connectivity index (χ1n) is 8.89. The second-order valence-corrected chi connectivity index (χ2v) is 8.28. The monoisotopic (exact) mass is 316 g/mol. The standard InChI is InChI=1S/C20H28O3/c1-13-5-4-9-19(3,18(22)23)16(13)8-10-20-11-14(2)15(12-20)6-7-17(20)21/h5,15-16H,2,4,6-12H2,1,3H3,(H,22,23). The molecule has 23 heavy (non-hydrogen) atoms. The van der Waals surface area contributed by atoms with Gasteiger partial charge in [-0.2, -0.15) is 0 Å². The van der Waals surface area contributed by atoms with Crippen molar-refractivity contribution in [3.05, 3.63) is 23.8 Å². The number of carboxylic acid groups (broad SMARTS) is 1. The summed E-state index contributed by atoms with van der Waals surface area (Å²) in [4.78, 5) is 24.4. The lowest BCUT2D eigenvalue weighted by Crippen LogP contribution is -2.40. The van der Waals surface area contributed by atoms with Gasteiger partial charge in [0.2, 0.25) is 0 Å². The van der Waals surface area contributed by atoms with E-state index in [4.69, 9.17) is 0 Å². The van der Waals surface area contributed by atoms with Crippen LogP contribution in [0.25, 0.3) is 0 Å². The van der Waals surface area contributed by atoms with Gasteiger partial charge in [-0.25, -0.2) is 0 Å². The number of rotatable bonds is 4. The van der Waals surface area contributed by atoms with Crippen LogP contribution in [0.4, 0.5) is 0 Å². The zero-order chi connectivity index (χ0) is 16.8. The van der Waals surface area contributed by atoms with E-state index in [1.54, 1.807) is 0 Å². The number of carbonyl (C=O) groups excluding carboxylic acids is 1. The summed E-state index contributed by atoms with van der Waals surface area (Å²) in [6.07, 6.45) is 8.77. The number of aliphatic carboxylic acids is 1. The van der Waals surface area contributed by atoms with Gasteiger partial charge in [0.05, 0.1) is 5.41 Å². The number of carboxylic acids is 1. The average molecular weight is 316 g/mol. The smallest absolute Gasteiger partial charge is 0.309 e. The number of fused-ring (bicyclic) bond motifs is 2. The van der Waals surface area contributed by atoms with Crippen molar-refractivity contribution in [3.8, 4) is 0 Å². The Kier molecular flexibility index (Phi) is 4.02. The van der Waals surface area contributed by atoms with Gasteiger partial charge in [-0.1, -0.05) is 23.8 Å². The predicted octanol–water partition coefficient (Wildman–Crippen LogP) is 4.53. The van der Waals surface area contributed by atoms with Crippen LogP contribution in [0.1, 0.15) is 65.2 Å². The summed E-state index contributed by atoms with van der Waals surface area (Å²) < 4.78 is 0. The van der Waals surface area contributed by atoms with Crippen molar-refractivity contribution in [1.29, 1.82) is 0 Å². The van der Waals surface area contributed by atoms with Gasteiger partial charge in [0.1, 0.15) is 5.78 Å². The number of Topliss-reactive ketones (excluding diaryl/α,β-unsaturated/α-hetero) is 1. The summed E-state index contributed by atoms with van der Waals surface area (Å²) in [5.41, 5.74) is 1.50. The number of hydrogen-bond acceptors (Lipinski definition) is 2. The predicted molar refractivity (Wildman–Crippen MR) is 90.0 cm³/mol. The molecule has 0 saturated heterocycles. The number of hydrogen-bond donors (Lipinski definition) is 1. The van der Waals surface area contributed by atoms with Gasteiger partial charge in [0, 0.05) is 11.8 Å². The molecular formula is C20H28O3. The Morgan fingerprint density at radius 2 is 2.22 bits per heavy atom. The molecule has 2 saturated carbocycles. The molecule has 0 amide bonds. The van der Waals surface area contributed by atoms with Crippen LogP contribution in [0.15, 0.2) is 23.8 Å². The molecule has 2 fully saturated rings. The molecule has 126 valence electrons. The maximum absolute atomic E-state index is 12.6. The van der Waals surface area contributed by atoms with Crippen molar-refractivity contribution in [1.82, 2.24) is 0 Å². The Morgan fingerprint density at radius 3 is 2.91 bits per heavy atom. The molecule has 3 aliphatic carbocycles. The van der Waals surface area contributed by atoms with Crippen LogP contribution >= 0.6 is 0 Å². The van der Waals surface area contributed by atoms with Gasteiger partial charge < -0.3 is 5.11 Å². The Labute approximate surface area is 138 Å². The van der Waals surface area contributed by atoms with Crippen molar-refractivity contribution in [2.75, 3.05) is 0 Å². The van der Waals surface area contributed by atoms with Gasteiger partial charge in [-0.05, 0) is 70.6 Å². The molecule has 3 heteroatoms. The first-order valence-corrected chi connectivity index (χ1v) is 8.89. The highest BCUT2D eigenvalue weighted by Gasteiger charge is 2.51. The minimum Gasteiger partial charge on any atom is -0.481 e. The maximum atomic E-state index is 12.6. The van der Waals surface area contributed by atoms with Crippen molar-refractivity contribution in [3.63, 3.8) is 0 Å². The molecule has 0 aromatic heterocycles. The third-order valence-corrected chi connectivity index (χ3v) is 6.94. The van der Waals surface area contributed by atoms with E-state index in [1.165, 1.54) is 11.1 Å². The molecule has 1 N–H and O–H groups in total. The van der Waals surface area contributed by atoms with Gasteiger partial charge in [-0.3, -0.25) is 9.59 Å². The average Bonchev–Trinajstić information content (AvgIpc) is 2.76. The second-order valence-electron chi connectivity index (χ2n) is 8.28. The fourth-order valence-corrected chi connectivity index (χ4v) is 5.33. The lowest BCUT2D eigenvalue weighted by molar-refractivity contribution is -0.151. The Morgan fingerprint density at radius 1 is 1.48 bits per heavy atom. The van der Waals surface area contributed by atoms with Gasteiger partial charge in [0.25, 0.3) is 0 Å². The summed E-state index contributed by atoms with van der Waals surface area (Å²) in [5.74, 6) is 0.254. The van der Waals surface area contributed by atoms with E-state index in [0.29, 0.717) is 24.5 Å². The first-order chi connectivity index (χ1) is 10.8. The van der Waals surface area contributed by atoms with E-state index < -0.39 is 11.4 Å². The molecule has 0 radical (unpaired) electrons. The van der Waals surface area contributed by atoms with Crippen LogP contribution in [0, 0.1) is 22.7 Å². The summed E-state index contributed by atoms with van der Waals surface area (Å²) >= 11 is 0. The molecule has 2 bridgehead atoms. The SMILES string of the molecule is C=C1CC2(CCC3C(C)=CCCC3(C)C(=O)O)CC1CCC2=O. The normalized spacial score (nSPS) is 40.2. The Bertz CT molecular complexity index is 588. The minimum absolute atomic E-state index is 0.0465. The van der Waals surface area contributed by atoms with E-state index >= 15 is 0 Å². The van der Waals surface area contributed by atoms with Crippen molar-refractivity contribution in [2.45, 2.75) is 65.2 Å². The first kappa shape index (κ1) is 16.5. The highest BCUT2D eigenvalue weighted by molar-refractivity contribution is 5.87. The summed E-state index contributed by atoms with van der Waals surface area (Å²) in [7, 11) is 0. The molecule has 4 unspecified atom stereocenters. The fraction of sp³-hybridized carbons (Fsp3) is 0.700. The second kappa shape index (κ2) is 5.61. The maximum Gasteiger partial charge on any atom is 0.309 e. The summed E-state index contributed by atoms with van der Waals surface area (Å²) in [6, 6.07) is 0. The van der Waals surface area contributed by atoms with Gasteiger partial charge in [0.15, 0.2) is 0 Å². The van der Waals surface area contributed by atoms with Gasteiger partial charge >= 0.3 is 5.97 Å². The zero-order valence-corrected chi connectivity index (χ0v) is 14.4. The molecule has 0 spiro atoms. The fourth-order valence-electron chi connectivity index (χ4n) is 5.33. The van der Waals surface area contributed by atoms with Crippen molar-refractivity contribution < 1.29 is 14.7 Å². The number of carbonyl (C=O) groups is 2. The van der Waals surface area contributed by atoms with Crippen LogP contribution in [0.5, 0.6) is 0 Å². The van der Waals surface area contributed by atoms with Gasteiger partial charge in [-0.15, -0.1) is 0 Å². The molecular weight excluding hydrogens is 288 g/mol. The lowest BCUT2D eigenvalue weighted by Gasteiger charge is -2.40. The van der Waals surface area contributed by atoms with Crippen LogP contribution in [0.2, 0.25) is 0 Å². The van der Waals surface area contributed by atoms with Crippen molar-refractivity contribution in [2.24, 2.45) is 22.7 Å².